The lowest BCUT2D eigenvalue weighted by Gasteiger charge is -2.22. The maximum Gasteiger partial charge on any atom is 0.0733 e. The standard InChI is InChI=1S/C14H22N2O/c1-3-15-13-8-9-16(10-13)14-7-5-4-6-12(14)11-17-2/h4-7,13,15H,3,8-11H2,1-2H3. The molecule has 94 valence electrons. The Hall–Kier alpha value is -1.06. The third-order valence-corrected chi connectivity index (χ3v) is 3.31. The number of benzene rings is 1. The van der Waals surface area contributed by atoms with Gasteiger partial charge in [-0.15, -0.1) is 0 Å². The largest absolute Gasteiger partial charge is 0.380 e. The monoisotopic (exact) mass is 234 g/mol. The minimum atomic E-state index is 0.635. The Bertz CT molecular complexity index is 354. The second-order valence-electron chi connectivity index (χ2n) is 4.55. The van der Waals surface area contributed by atoms with Gasteiger partial charge in [0.2, 0.25) is 0 Å². The molecule has 1 aromatic rings. The molecule has 1 unspecified atom stereocenters. The molecule has 0 bridgehead atoms. The van der Waals surface area contributed by atoms with Crippen molar-refractivity contribution in [3.8, 4) is 0 Å². The molecular formula is C14H22N2O. The summed E-state index contributed by atoms with van der Waals surface area (Å²) in [7, 11) is 1.75. The molecule has 1 N–H and O–H groups in total. The number of rotatable bonds is 5. The predicted molar refractivity (Wildman–Crippen MR) is 71.4 cm³/mol. The highest BCUT2D eigenvalue weighted by Crippen LogP contribution is 2.25. The van der Waals surface area contributed by atoms with Gasteiger partial charge in [-0.25, -0.2) is 0 Å². The Morgan fingerprint density at radius 2 is 2.24 bits per heavy atom. The zero-order valence-corrected chi connectivity index (χ0v) is 10.8. The molecule has 17 heavy (non-hydrogen) atoms. The molecule has 1 saturated heterocycles. The van der Waals surface area contributed by atoms with Crippen LogP contribution in [0.4, 0.5) is 5.69 Å². The molecule has 3 heteroatoms. The van der Waals surface area contributed by atoms with E-state index in [0.29, 0.717) is 12.6 Å². The van der Waals surface area contributed by atoms with E-state index >= 15 is 0 Å². The zero-order valence-electron chi connectivity index (χ0n) is 10.8. The Morgan fingerprint density at radius 3 is 3.00 bits per heavy atom. The SMILES string of the molecule is CCNC1CCN(c2ccccc2COC)C1. The maximum atomic E-state index is 5.26. The second kappa shape index (κ2) is 6.03. The lowest BCUT2D eigenvalue weighted by atomic mass is 10.1. The first-order valence-corrected chi connectivity index (χ1v) is 6.40. The summed E-state index contributed by atoms with van der Waals surface area (Å²) in [5.74, 6) is 0. The number of hydrogen-bond donors (Lipinski definition) is 1. The molecule has 0 spiro atoms. The first-order valence-electron chi connectivity index (χ1n) is 6.40. The van der Waals surface area contributed by atoms with Crippen LogP contribution in [0.1, 0.15) is 18.9 Å². The van der Waals surface area contributed by atoms with E-state index in [1.54, 1.807) is 7.11 Å². The Labute approximate surface area is 104 Å². The van der Waals surface area contributed by atoms with Crippen molar-refractivity contribution in [3.05, 3.63) is 29.8 Å². The van der Waals surface area contributed by atoms with Crippen LogP contribution in [0.2, 0.25) is 0 Å². The van der Waals surface area contributed by atoms with Crippen molar-refractivity contribution in [3.63, 3.8) is 0 Å². The van der Waals surface area contributed by atoms with Crippen LogP contribution in [0.15, 0.2) is 24.3 Å². The molecule has 0 aromatic heterocycles. The van der Waals surface area contributed by atoms with E-state index in [-0.39, 0.29) is 0 Å². The number of para-hydroxylation sites is 1. The fourth-order valence-corrected chi connectivity index (χ4v) is 2.53. The molecule has 0 amide bonds. The summed E-state index contributed by atoms with van der Waals surface area (Å²) < 4.78 is 5.26. The van der Waals surface area contributed by atoms with E-state index in [9.17, 15) is 0 Å². The number of methoxy groups -OCH3 is 1. The van der Waals surface area contributed by atoms with Crippen molar-refractivity contribution in [2.75, 3.05) is 31.6 Å². The van der Waals surface area contributed by atoms with E-state index in [1.807, 2.05) is 0 Å². The third-order valence-electron chi connectivity index (χ3n) is 3.31. The molecule has 1 atom stereocenters. The molecular weight excluding hydrogens is 212 g/mol. The van der Waals surface area contributed by atoms with Crippen molar-refractivity contribution in [2.24, 2.45) is 0 Å². The van der Waals surface area contributed by atoms with E-state index in [0.717, 1.165) is 19.6 Å². The second-order valence-corrected chi connectivity index (χ2v) is 4.55. The third kappa shape index (κ3) is 2.99. The van der Waals surface area contributed by atoms with Crippen LogP contribution in [-0.2, 0) is 11.3 Å². The smallest absolute Gasteiger partial charge is 0.0733 e. The van der Waals surface area contributed by atoms with E-state index in [4.69, 9.17) is 4.74 Å². The van der Waals surface area contributed by atoms with Gasteiger partial charge >= 0.3 is 0 Å². The van der Waals surface area contributed by atoms with Gasteiger partial charge in [-0.05, 0) is 19.0 Å². The first kappa shape index (κ1) is 12.4. The molecule has 1 aliphatic rings. The van der Waals surface area contributed by atoms with Crippen molar-refractivity contribution >= 4 is 5.69 Å². The average molecular weight is 234 g/mol. The number of nitrogens with zero attached hydrogens (tertiary/aromatic N) is 1. The molecule has 3 nitrogen and oxygen atoms in total. The van der Waals surface area contributed by atoms with Crippen molar-refractivity contribution < 1.29 is 4.74 Å². The molecule has 1 aromatic carbocycles. The fraction of sp³-hybridized carbons (Fsp3) is 0.571. The highest BCUT2D eigenvalue weighted by molar-refractivity contribution is 5.54. The summed E-state index contributed by atoms with van der Waals surface area (Å²) in [6.45, 7) is 6.16. The van der Waals surface area contributed by atoms with Crippen molar-refractivity contribution in [1.29, 1.82) is 0 Å². The Kier molecular flexibility index (Phi) is 4.40. The fourth-order valence-electron chi connectivity index (χ4n) is 2.53. The number of ether oxygens (including phenoxy) is 1. The number of nitrogens with one attached hydrogen (secondary N) is 1. The van der Waals surface area contributed by atoms with Crippen molar-refractivity contribution in [1.82, 2.24) is 5.32 Å². The Balaban J connectivity index is 2.07. The number of hydrogen-bond acceptors (Lipinski definition) is 3. The topological polar surface area (TPSA) is 24.5 Å². The van der Waals surface area contributed by atoms with Crippen LogP contribution in [-0.4, -0.2) is 32.8 Å². The number of likely N-dealkylation sites (N-methyl/N-ethyl adjacent to an activating group) is 1. The average Bonchev–Trinajstić information content (AvgIpc) is 2.79. The molecule has 1 fully saturated rings. The van der Waals surface area contributed by atoms with Gasteiger partial charge in [-0.2, -0.15) is 0 Å². The van der Waals surface area contributed by atoms with Crippen LogP contribution in [0.25, 0.3) is 0 Å². The molecule has 2 rings (SSSR count). The summed E-state index contributed by atoms with van der Waals surface area (Å²) in [5.41, 5.74) is 2.61. The molecule has 0 aliphatic carbocycles. The lowest BCUT2D eigenvalue weighted by molar-refractivity contribution is 0.185. The first-order chi connectivity index (χ1) is 8.35. The van der Waals surface area contributed by atoms with Gasteiger partial charge < -0.3 is 15.0 Å². The summed E-state index contributed by atoms with van der Waals surface area (Å²) in [6, 6.07) is 9.17. The minimum absolute atomic E-state index is 0.635. The van der Waals surface area contributed by atoms with E-state index in [1.165, 1.54) is 17.7 Å². The predicted octanol–water partition coefficient (Wildman–Crippen LogP) is 2.02. The van der Waals surface area contributed by atoms with Crippen LogP contribution in [0.3, 0.4) is 0 Å². The quantitative estimate of drug-likeness (QED) is 0.843. The van der Waals surface area contributed by atoms with Gasteiger partial charge in [0.25, 0.3) is 0 Å². The normalized spacial score (nSPS) is 19.9. The van der Waals surface area contributed by atoms with E-state index < -0.39 is 0 Å². The summed E-state index contributed by atoms with van der Waals surface area (Å²) in [4.78, 5) is 2.46. The van der Waals surface area contributed by atoms with Gasteiger partial charge in [0.15, 0.2) is 0 Å². The van der Waals surface area contributed by atoms with E-state index in [2.05, 4.69) is 41.4 Å². The van der Waals surface area contributed by atoms with Crippen LogP contribution < -0.4 is 10.2 Å². The maximum absolute atomic E-state index is 5.26. The Morgan fingerprint density at radius 1 is 1.41 bits per heavy atom. The summed E-state index contributed by atoms with van der Waals surface area (Å²) in [5, 5.41) is 3.52. The molecule has 0 radical (unpaired) electrons. The highest BCUT2D eigenvalue weighted by atomic mass is 16.5. The zero-order chi connectivity index (χ0) is 12.1. The molecule has 1 aliphatic heterocycles. The van der Waals surface area contributed by atoms with Gasteiger partial charge in [0.1, 0.15) is 0 Å². The van der Waals surface area contributed by atoms with Gasteiger partial charge in [-0.1, -0.05) is 25.1 Å². The summed E-state index contributed by atoms with van der Waals surface area (Å²) >= 11 is 0. The number of anilines is 1. The van der Waals surface area contributed by atoms with Gasteiger partial charge in [-0.3, -0.25) is 0 Å². The van der Waals surface area contributed by atoms with Crippen LogP contribution in [0.5, 0.6) is 0 Å². The molecule has 0 saturated carbocycles. The lowest BCUT2D eigenvalue weighted by Crippen LogP contribution is -2.32. The molecule has 1 heterocycles. The highest BCUT2D eigenvalue weighted by Gasteiger charge is 2.22. The summed E-state index contributed by atoms with van der Waals surface area (Å²) in [6.07, 6.45) is 1.23. The van der Waals surface area contributed by atoms with Gasteiger partial charge in [0.05, 0.1) is 6.61 Å². The minimum Gasteiger partial charge on any atom is -0.380 e. The van der Waals surface area contributed by atoms with Crippen LogP contribution in [0, 0.1) is 0 Å². The van der Waals surface area contributed by atoms with Crippen molar-refractivity contribution in [2.45, 2.75) is 26.0 Å². The van der Waals surface area contributed by atoms with Crippen LogP contribution >= 0.6 is 0 Å². The van der Waals surface area contributed by atoms with Gasteiger partial charge in [0, 0.05) is 37.5 Å².